The van der Waals surface area contributed by atoms with Crippen molar-refractivity contribution < 1.29 is 18.7 Å². The Morgan fingerprint density at radius 2 is 2.13 bits per heavy atom. The minimum Gasteiger partial charge on any atom is -0.756 e. The summed E-state index contributed by atoms with van der Waals surface area (Å²) in [6.07, 6.45) is -0.444. The molecule has 1 aliphatic rings. The Bertz CT molecular complexity index is 881. The highest BCUT2D eigenvalue weighted by molar-refractivity contribution is 6.33. The van der Waals surface area contributed by atoms with E-state index in [0.29, 0.717) is 37.9 Å². The molecule has 2 aromatic carbocycles. The molecule has 1 unspecified atom stereocenters. The van der Waals surface area contributed by atoms with E-state index >= 15 is 0 Å². The summed E-state index contributed by atoms with van der Waals surface area (Å²) in [5.41, 5.74) is 7.06. The summed E-state index contributed by atoms with van der Waals surface area (Å²) in [6.45, 7) is 4.14. The summed E-state index contributed by atoms with van der Waals surface area (Å²) in [5, 5.41) is 13.1. The number of benzene rings is 2. The summed E-state index contributed by atoms with van der Waals surface area (Å²) in [5.74, 6) is -0.833. The molecular formula is C21H24ClFN3O4-. The van der Waals surface area contributed by atoms with Gasteiger partial charge >= 0.3 is 0 Å². The third kappa shape index (κ3) is 5.60. The summed E-state index contributed by atoms with van der Waals surface area (Å²) in [7, 11) is 0. The van der Waals surface area contributed by atoms with Crippen molar-refractivity contribution in [1.29, 1.82) is 0 Å². The van der Waals surface area contributed by atoms with Crippen LogP contribution in [-0.2, 0) is 11.3 Å². The number of hydrogen-bond acceptors (Lipinski definition) is 6. The number of morpholine rings is 1. The number of rotatable bonds is 7. The highest BCUT2D eigenvalue weighted by Crippen LogP contribution is 2.30. The van der Waals surface area contributed by atoms with Crippen molar-refractivity contribution in [2.24, 2.45) is 0 Å². The van der Waals surface area contributed by atoms with Crippen molar-refractivity contribution in [2.75, 3.05) is 38.6 Å². The SMILES string of the molecule is CCOc1cc(N)c(Cl)cc1C(=O)N([O-])CC1CN(Cc2ccc(F)cc2)CCO1. The second kappa shape index (κ2) is 10.1. The number of nitrogen functional groups attached to an aromatic ring is 1. The number of ether oxygens (including phenoxy) is 2. The summed E-state index contributed by atoms with van der Waals surface area (Å²) >= 11 is 6.02. The number of carbonyl (C=O) groups excluding carboxylic acids is 1. The van der Waals surface area contributed by atoms with Gasteiger partial charge in [-0.15, -0.1) is 0 Å². The molecule has 0 aliphatic carbocycles. The number of hydrogen-bond donors (Lipinski definition) is 1. The fourth-order valence-electron chi connectivity index (χ4n) is 3.30. The van der Waals surface area contributed by atoms with E-state index < -0.39 is 12.0 Å². The number of hydroxylamine groups is 2. The van der Waals surface area contributed by atoms with Crippen LogP contribution in [0.1, 0.15) is 22.8 Å². The highest BCUT2D eigenvalue weighted by Gasteiger charge is 2.24. The maximum atomic E-state index is 13.1. The Labute approximate surface area is 179 Å². The maximum absolute atomic E-state index is 13.1. The normalized spacial score (nSPS) is 17.0. The summed E-state index contributed by atoms with van der Waals surface area (Å²) in [4.78, 5) is 14.8. The molecule has 1 amide bonds. The zero-order valence-electron chi connectivity index (χ0n) is 16.6. The molecule has 3 rings (SSSR count). The quantitative estimate of drug-likeness (QED) is 0.529. The lowest BCUT2D eigenvalue weighted by molar-refractivity contribution is -0.0389. The molecule has 9 heteroatoms. The molecule has 0 bridgehead atoms. The molecule has 1 atom stereocenters. The molecule has 1 saturated heterocycles. The third-order valence-electron chi connectivity index (χ3n) is 4.77. The first kappa shape index (κ1) is 22.3. The molecular weight excluding hydrogens is 413 g/mol. The molecule has 1 heterocycles. The molecule has 1 fully saturated rings. The van der Waals surface area contributed by atoms with Crippen LogP contribution in [0.25, 0.3) is 0 Å². The van der Waals surface area contributed by atoms with Gasteiger partial charge in [-0.1, -0.05) is 23.7 Å². The molecule has 0 spiro atoms. The number of nitrogens with zero attached hydrogens (tertiary/aromatic N) is 2. The Balaban J connectivity index is 1.63. The molecule has 0 aromatic heterocycles. The fourth-order valence-corrected chi connectivity index (χ4v) is 3.46. The predicted molar refractivity (Wildman–Crippen MR) is 113 cm³/mol. The topological polar surface area (TPSA) is 91.1 Å². The van der Waals surface area contributed by atoms with Crippen LogP contribution in [0.15, 0.2) is 36.4 Å². The van der Waals surface area contributed by atoms with Crippen molar-refractivity contribution in [3.8, 4) is 5.75 Å². The van der Waals surface area contributed by atoms with E-state index in [1.165, 1.54) is 24.3 Å². The second-order valence-corrected chi connectivity index (χ2v) is 7.43. The zero-order valence-corrected chi connectivity index (χ0v) is 17.4. The van der Waals surface area contributed by atoms with E-state index in [9.17, 15) is 14.4 Å². The van der Waals surface area contributed by atoms with Crippen LogP contribution in [0.4, 0.5) is 10.1 Å². The Morgan fingerprint density at radius 3 is 2.83 bits per heavy atom. The molecule has 2 N–H and O–H groups in total. The number of anilines is 1. The van der Waals surface area contributed by atoms with E-state index in [2.05, 4.69) is 4.90 Å². The lowest BCUT2D eigenvalue weighted by Crippen LogP contribution is -2.47. The zero-order chi connectivity index (χ0) is 21.7. The number of carbonyl (C=O) groups is 1. The first-order chi connectivity index (χ1) is 14.4. The Kier molecular flexibility index (Phi) is 7.49. The van der Waals surface area contributed by atoms with Gasteiger partial charge in [0.2, 0.25) is 5.91 Å². The van der Waals surface area contributed by atoms with Gasteiger partial charge < -0.3 is 25.5 Å². The van der Waals surface area contributed by atoms with E-state index in [1.54, 1.807) is 19.1 Å². The van der Waals surface area contributed by atoms with Crippen molar-refractivity contribution in [2.45, 2.75) is 19.6 Å². The van der Waals surface area contributed by atoms with Crippen LogP contribution in [0, 0.1) is 11.0 Å². The van der Waals surface area contributed by atoms with Crippen LogP contribution in [0.3, 0.4) is 0 Å². The maximum Gasteiger partial charge on any atom is 0.247 e. The molecule has 162 valence electrons. The van der Waals surface area contributed by atoms with E-state index in [4.69, 9.17) is 26.8 Å². The summed E-state index contributed by atoms with van der Waals surface area (Å²) in [6, 6.07) is 9.07. The number of amides is 1. The fraction of sp³-hybridized carbons (Fsp3) is 0.381. The van der Waals surface area contributed by atoms with Gasteiger partial charge in [0, 0.05) is 32.2 Å². The average molecular weight is 437 g/mol. The first-order valence-corrected chi connectivity index (χ1v) is 10.0. The van der Waals surface area contributed by atoms with Gasteiger partial charge in [0.25, 0.3) is 0 Å². The van der Waals surface area contributed by atoms with Gasteiger partial charge in [-0.3, -0.25) is 9.69 Å². The van der Waals surface area contributed by atoms with Gasteiger partial charge in [-0.05, 0) is 30.7 Å². The van der Waals surface area contributed by atoms with E-state index in [1.807, 2.05) is 0 Å². The summed E-state index contributed by atoms with van der Waals surface area (Å²) < 4.78 is 24.2. The lowest BCUT2D eigenvalue weighted by atomic mass is 10.1. The molecule has 0 saturated carbocycles. The average Bonchev–Trinajstić information content (AvgIpc) is 2.72. The van der Waals surface area contributed by atoms with Gasteiger partial charge in [0.1, 0.15) is 11.6 Å². The van der Waals surface area contributed by atoms with Crippen LogP contribution in [0.2, 0.25) is 5.02 Å². The largest absolute Gasteiger partial charge is 0.756 e. The standard InChI is InChI=1S/C21H24ClFN3O4/c1-2-29-20-10-19(24)18(22)9-17(20)21(27)26(28)13-16-12-25(7-8-30-16)11-14-3-5-15(23)6-4-14/h3-6,9-10,16H,2,7-8,11-13,24H2,1H3/q-1. The smallest absolute Gasteiger partial charge is 0.247 e. The van der Waals surface area contributed by atoms with Crippen molar-refractivity contribution in [3.63, 3.8) is 0 Å². The van der Waals surface area contributed by atoms with Crippen molar-refractivity contribution in [1.82, 2.24) is 9.96 Å². The predicted octanol–water partition coefficient (Wildman–Crippen LogP) is 3.30. The Morgan fingerprint density at radius 1 is 1.40 bits per heavy atom. The van der Waals surface area contributed by atoms with Gasteiger partial charge in [0.15, 0.2) is 0 Å². The minimum absolute atomic E-state index is 0.0602. The van der Waals surface area contributed by atoms with E-state index in [0.717, 1.165) is 5.56 Å². The third-order valence-corrected chi connectivity index (χ3v) is 5.09. The van der Waals surface area contributed by atoms with E-state index in [-0.39, 0.29) is 34.4 Å². The lowest BCUT2D eigenvalue weighted by Gasteiger charge is -2.38. The molecule has 1 aliphatic heterocycles. The molecule has 0 radical (unpaired) electrons. The number of halogens is 2. The van der Waals surface area contributed by atoms with Gasteiger partial charge in [0.05, 0.1) is 35.6 Å². The Hall–Kier alpha value is -2.39. The molecule has 30 heavy (non-hydrogen) atoms. The first-order valence-electron chi connectivity index (χ1n) is 9.66. The molecule has 2 aromatic rings. The number of nitrogens with two attached hydrogens (primary N) is 1. The van der Waals surface area contributed by atoms with Crippen molar-refractivity contribution in [3.05, 3.63) is 63.6 Å². The molecule has 7 nitrogen and oxygen atoms in total. The van der Waals surface area contributed by atoms with Crippen LogP contribution >= 0.6 is 11.6 Å². The van der Waals surface area contributed by atoms with Crippen LogP contribution < -0.4 is 10.5 Å². The van der Waals surface area contributed by atoms with Gasteiger partial charge in [-0.2, -0.15) is 0 Å². The second-order valence-electron chi connectivity index (χ2n) is 7.02. The van der Waals surface area contributed by atoms with Crippen LogP contribution in [-0.4, -0.2) is 54.8 Å². The van der Waals surface area contributed by atoms with Crippen molar-refractivity contribution >= 4 is 23.2 Å². The highest BCUT2D eigenvalue weighted by atomic mass is 35.5. The monoisotopic (exact) mass is 436 g/mol. The van der Waals surface area contributed by atoms with Gasteiger partial charge in [-0.25, -0.2) is 4.39 Å². The van der Waals surface area contributed by atoms with Crippen LogP contribution in [0.5, 0.6) is 5.75 Å². The minimum atomic E-state index is -0.764.